The minimum atomic E-state index is -0.535. The molecular weight excluding hydrogens is 551 g/mol. The highest BCUT2D eigenvalue weighted by Gasteiger charge is 2.23. The van der Waals surface area contributed by atoms with Crippen LogP contribution in [0.5, 0.6) is 0 Å². The number of halogens is 1. The standard InChI is InChI=1S/C30H29FN10O2/c1-18(20-6-8-22(31)9-7-20)38-29(42)26-28(37-16-23(14-32)39-26)36-15-19-2-4-21(5-3-19)24-17-35-27(33)25(40-24)30(43)41-12-10-34-11-13-41/h2-9,16-18,34H,10-13,15H2,1H3,(H2,33,35)(H,36,37)(H,38,42)/t18-/m0/s1. The van der Waals surface area contributed by atoms with Gasteiger partial charge in [-0.2, -0.15) is 5.26 Å². The van der Waals surface area contributed by atoms with E-state index in [1.807, 2.05) is 30.3 Å². The van der Waals surface area contributed by atoms with Gasteiger partial charge in [0.2, 0.25) is 0 Å². The molecule has 1 saturated heterocycles. The van der Waals surface area contributed by atoms with Crippen molar-refractivity contribution in [2.75, 3.05) is 37.2 Å². The van der Waals surface area contributed by atoms with Crippen molar-refractivity contribution in [3.8, 4) is 17.3 Å². The Hall–Kier alpha value is -5.48. The van der Waals surface area contributed by atoms with Gasteiger partial charge in [0.15, 0.2) is 28.7 Å². The van der Waals surface area contributed by atoms with E-state index in [9.17, 15) is 19.2 Å². The number of amides is 2. The number of nitrogens with two attached hydrogens (primary N) is 1. The van der Waals surface area contributed by atoms with Crippen LogP contribution in [-0.4, -0.2) is 62.8 Å². The van der Waals surface area contributed by atoms with Crippen molar-refractivity contribution < 1.29 is 14.0 Å². The highest BCUT2D eigenvalue weighted by Crippen LogP contribution is 2.22. The molecule has 0 bridgehead atoms. The third-order valence-electron chi connectivity index (χ3n) is 6.94. The quantitative estimate of drug-likeness (QED) is 0.242. The lowest BCUT2D eigenvalue weighted by Crippen LogP contribution is -2.46. The smallest absolute Gasteiger partial charge is 0.276 e. The molecule has 1 aliphatic heterocycles. The van der Waals surface area contributed by atoms with Crippen molar-refractivity contribution in [3.05, 3.63) is 95.0 Å². The van der Waals surface area contributed by atoms with Crippen LogP contribution in [0.4, 0.5) is 16.0 Å². The maximum atomic E-state index is 13.3. The van der Waals surface area contributed by atoms with Gasteiger partial charge in [-0.25, -0.2) is 24.3 Å². The van der Waals surface area contributed by atoms with E-state index < -0.39 is 11.9 Å². The lowest BCUT2D eigenvalue weighted by atomic mass is 10.1. The number of nitrogens with one attached hydrogen (secondary N) is 3. The molecule has 2 aromatic heterocycles. The van der Waals surface area contributed by atoms with Crippen LogP contribution in [-0.2, 0) is 6.54 Å². The topological polar surface area (TPSA) is 175 Å². The van der Waals surface area contributed by atoms with Gasteiger partial charge in [-0.3, -0.25) is 9.59 Å². The Morgan fingerprint density at radius 1 is 1.05 bits per heavy atom. The van der Waals surface area contributed by atoms with Crippen molar-refractivity contribution in [2.24, 2.45) is 0 Å². The Morgan fingerprint density at radius 3 is 2.47 bits per heavy atom. The van der Waals surface area contributed by atoms with Crippen molar-refractivity contribution in [2.45, 2.75) is 19.5 Å². The maximum Gasteiger partial charge on any atom is 0.276 e. The van der Waals surface area contributed by atoms with Crippen LogP contribution >= 0.6 is 0 Å². The predicted molar refractivity (Wildman–Crippen MR) is 157 cm³/mol. The maximum absolute atomic E-state index is 13.3. The number of rotatable bonds is 8. The summed E-state index contributed by atoms with van der Waals surface area (Å²) in [4.78, 5) is 44.9. The number of hydrogen-bond acceptors (Lipinski definition) is 10. The van der Waals surface area contributed by atoms with Gasteiger partial charge in [-0.1, -0.05) is 36.4 Å². The molecule has 13 heteroatoms. The summed E-state index contributed by atoms with van der Waals surface area (Å²) in [7, 11) is 0. The molecule has 1 aliphatic rings. The highest BCUT2D eigenvalue weighted by atomic mass is 19.1. The number of carbonyl (C=O) groups is 2. The molecule has 2 aromatic carbocycles. The summed E-state index contributed by atoms with van der Waals surface area (Å²) in [6.07, 6.45) is 2.81. The van der Waals surface area contributed by atoms with Gasteiger partial charge in [0.25, 0.3) is 11.8 Å². The molecule has 43 heavy (non-hydrogen) atoms. The molecule has 0 aliphatic carbocycles. The largest absolute Gasteiger partial charge is 0.382 e. The van der Waals surface area contributed by atoms with E-state index in [0.717, 1.165) is 11.1 Å². The first kappa shape index (κ1) is 29.0. The number of nitrogen functional groups attached to an aromatic ring is 1. The number of nitriles is 1. The first-order valence-corrected chi connectivity index (χ1v) is 13.6. The zero-order chi connectivity index (χ0) is 30.3. The molecule has 3 heterocycles. The Kier molecular flexibility index (Phi) is 8.78. The number of carbonyl (C=O) groups excluding carboxylic acids is 2. The van der Waals surface area contributed by atoms with Gasteiger partial charge in [-0.15, -0.1) is 0 Å². The number of piperazine rings is 1. The predicted octanol–water partition coefficient (Wildman–Crippen LogP) is 2.68. The molecule has 1 fully saturated rings. The lowest BCUT2D eigenvalue weighted by Gasteiger charge is -2.27. The summed E-state index contributed by atoms with van der Waals surface area (Å²) >= 11 is 0. The van der Waals surface area contributed by atoms with Crippen molar-refractivity contribution in [3.63, 3.8) is 0 Å². The molecule has 218 valence electrons. The lowest BCUT2D eigenvalue weighted by molar-refractivity contribution is 0.0730. The molecule has 1 atom stereocenters. The molecule has 4 aromatic rings. The first-order chi connectivity index (χ1) is 20.8. The zero-order valence-corrected chi connectivity index (χ0v) is 23.3. The van der Waals surface area contributed by atoms with Crippen LogP contribution in [0, 0.1) is 17.1 Å². The summed E-state index contributed by atoms with van der Waals surface area (Å²) in [6, 6.07) is 14.7. The van der Waals surface area contributed by atoms with E-state index in [0.29, 0.717) is 44.0 Å². The van der Waals surface area contributed by atoms with Crippen LogP contribution < -0.4 is 21.7 Å². The zero-order valence-electron chi connectivity index (χ0n) is 23.3. The van der Waals surface area contributed by atoms with Crippen LogP contribution in [0.25, 0.3) is 11.3 Å². The van der Waals surface area contributed by atoms with Crippen LogP contribution in [0.1, 0.15) is 50.8 Å². The summed E-state index contributed by atoms with van der Waals surface area (Å²) in [5, 5.41) is 18.4. The minimum Gasteiger partial charge on any atom is -0.382 e. The van der Waals surface area contributed by atoms with Crippen LogP contribution in [0.15, 0.2) is 60.9 Å². The fourth-order valence-electron chi connectivity index (χ4n) is 4.52. The van der Waals surface area contributed by atoms with E-state index in [2.05, 4.69) is 35.9 Å². The first-order valence-electron chi connectivity index (χ1n) is 13.6. The van der Waals surface area contributed by atoms with Crippen molar-refractivity contribution >= 4 is 23.5 Å². The third-order valence-corrected chi connectivity index (χ3v) is 6.94. The second-order valence-electron chi connectivity index (χ2n) is 9.89. The van der Waals surface area contributed by atoms with E-state index in [1.165, 1.54) is 24.5 Å². The summed E-state index contributed by atoms with van der Waals surface area (Å²) in [5.41, 5.74) is 8.91. The van der Waals surface area contributed by atoms with Crippen LogP contribution in [0.2, 0.25) is 0 Å². The normalized spacial score (nSPS) is 13.6. The molecule has 5 rings (SSSR count). The molecule has 0 saturated carbocycles. The van der Waals surface area contributed by atoms with Gasteiger partial charge < -0.3 is 26.6 Å². The van der Waals surface area contributed by atoms with Crippen molar-refractivity contribution in [1.82, 2.24) is 35.5 Å². The fourth-order valence-corrected chi connectivity index (χ4v) is 4.52. The molecule has 0 radical (unpaired) electrons. The average molecular weight is 581 g/mol. The van der Waals surface area contributed by atoms with Crippen LogP contribution in [0.3, 0.4) is 0 Å². The second kappa shape index (κ2) is 13.0. The summed E-state index contributed by atoms with van der Waals surface area (Å²) in [6.45, 7) is 4.64. The Balaban J connectivity index is 1.28. The molecule has 5 N–H and O–H groups in total. The summed E-state index contributed by atoms with van der Waals surface area (Å²) < 4.78 is 13.3. The molecule has 12 nitrogen and oxygen atoms in total. The summed E-state index contributed by atoms with van der Waals surface area (Å²) in [5.74, 6) is -0.866. The molecule has 2 amide bonds. The second-order valence-corrected chi connectivity index (χ2v) is 9.89. The van der Waals surface area contributed by atoms with Gasteiger partial charge in [0.1, 0.15) is 11.9 Å². The van der Waals surface area contributed by atoms with Crippen molar-refractivity contribution in [1.29, 1.82) is 5.26 Å². The van der Waals surface area contributed by atoms with Gasteiger partial charge in [0.05, 0.1) is 24.1 Å². The number of hydrogen-bond donors (Lipinski definition) is 4. The fraction of sp³-hybridized carbons (Fsp3) is 0.233. The minimum absolute atomic E-state index is 0.00565. The monoisotopic (exact) mass is 580 g/mol. The number of benzene rings is 2. The van der Waals surface area contributed by atoms with Gasteiger partial charge in [-0.05, 0) is 30.2 Å². The van der Waals surface area contributed by atoms with E-state index in [-0.39, 0.29) is 40.4 Å². The number of nitrogens with zero attached hydrogens (tertiary/aromatic N) is 6. The highest BCUT2D eigenvalue weighted by molar-refractivity contribution is 5.97. The Morgan fingerprint density at radius 2 is 1.77 bits per heavy atom. The van der Waals surface area contributed by atoms with E-state index >= 15 is 0 Å². The molecule has 0 unspecified atom stereocenters. The molecule has 0 spiro atoms. The SMILES string of the molecule is C[C@H](NC(=O)c1nc(C#N)cnc1NCc1ccc(-c2cnc(N)c(C(=O)N3CCNCC3)n2)cc1)c1ccc(F)cc1. The van der Waals surface area contributed by atoms with E-state index in [1.54, 1.807) is 24.0 Å². The Bertz CT molecular complexity index is 1670. The average Bonchev–Trinajstić information content (AvgIpc) is 3.04. The number of aromatic nitrogens is 4. The number of anilines is 2. The third kappa shape index (κ3) is 6.88. The van der Waals surface area contributed by atoms with Gasteiger partial charge in [0, 0.05) is 38.3 Å². The molecular formula is C30H29FN10O2. The Labute approximate surface area is 247 Å². The van der Waals surface area contributed by atoms with E-state index in [4.69, 9.17) is 5.73 Å². The van der Waals surface area contributed by atoms with Gasteiger partial charge >= 0.3 is 0 Å².